The molecule has 1 aliphatic carbocycles. The van der Waals surface area contributed by atoms with Gasteiger partial charge in [0.2, 0.25) is 16.9 Å². The molecule has 0 fully saturated rings. The Labute approximate surface area is 193 Å². The van der Waals surface area contributed by atoms with Gasteiger partial charge >= 0.3 is 5.97 Å². The van der Waals surface area contributed by atoms with E-state index in [9.17, 15) is 14.4 Å². The van der Waals surface area contributed by atoms with E-state index in [1.807, 2.05) is 0 Å². The van der Waals surface area contributed by atoms with Gasteiger partial charge in [-0.05, 0) is 45.1 Å². The second-order valence-corrected chi connectivity index (χ2v) is 10.7. The van der Waals surface area contributed by atoms with Gasteiger partial charge in [-0.3, -0.25) is 9.59 Å². The van der Waals surface area contributed by atoms with Crippen LogP contribution in [-0.4, -0.2) is 39.8 Å². The number of nitrogens with zero attached hydrogens (tertiary/aromatic N) is 2. The molecular weight excluding hydrogens is 456 g/mol. The van der Waals surface area contributed by atoms with Crippen LogP contribution in [0, 0.1) is 0 Å². The molecule has 2 N–H and O–H groups in total. The number of ether oxygens (including phenoxy) is 1. The molecule has 1 aliphatic rings. The van der Waals surface area contributed by atoms with Crippen molar-refractivity contribution in [1.82, 2.24) is 10.2 Å². The zero-order chi connectivity index (χ0) is 22.4. The molecule has 8 nitrogen and oxygen atoms in total. The van der Waals surface area contributed by atoms with Crippen LogP contribution in [-0.2, 0) is 27.2 Å². The Kier molecular flexibility index (Phi) is 8.44. The molecule has 3 rings (SSSR count). The van der Waals surface area contributed by atoms with Crippen LogP contribution in [0.4, 0.5) is 10.1 Å². The molecular formula is C20H26N4O4S3. The van der Waals surface area contributed by atoms with Crippen LogP contribution in [0.25, 0.3) is 0 Å². The number of rotatable bonds is 8. The highest BCUT2D eigenvalue weighted by molar-refractivity contribution is 8.02. The molecule has 1 unspecified atom stereocenters. The number of amides is 2. The Hall–Kier alpha value is -1.98. The standard InChI is InChI=1S/C20H26N4O4S3/c1-4-14(25)21-19-23-24-20(31-19)29-11(3)16(26)22-17-15(18(27)28-5-2)12-9-7-6-8-10-13(12)30-17/h11H,4-10H2,1-3H3,(H,22,26)(H,21,23,25). The van der Waals surface area contributed by atoms with Gasteiger partial charge in [0.1, 0.15) is 5.00 Å². The van der Waals surface area contributed by atoms with Gasteiger partial charge in [0.05, 0.1) is 17.4 Å². The SMILES string of the molecule is CCOC(=O)c1c(NC(=O)C(C)Sc2nnc(NC(=O)CC)s2)sc2c1CCCCC2. The van der Waals surface area contributed by atoms with E-state index in [1.165, 1.54) is 34.4 Å². The van der Waals surface area contributed by atoms with Crippen LogP contribution in [0.2, 0.25) is 0 Å². The lowest BCUT2D eigenvalue weighted by Gasteiger charge is -2.11. The van der Waals surface area contributed by atoms with Gasteiger partial charge in [0.25, 0.3) is 0 Å². The van der Waals surface area contributed by atoms with Gasteiger partial charge in [-0.25, -0.2) is 4.79 Å². The van der Waals surface area contributed by atoms with Crippen LogP contribution < -0.4 is 10.6 Å². The van der Waals surface area contributed by atoms with Crippen molar-refractivity contribution in [2.24, 2.45) is 0 Å². The normalized spacial score (nSPS) is 14.3. The Morgan fingerprint density at radius 2 is 1.87 bits per heavy atom. The number of carbonyl (C=O) groups is 3. The lowest BCUT2D eigenvalue weighted by atomic mass is 10.1. The molecule has 2 heterocycles. The van der Waals surface area contributed by atoms with E-state index in [-0.39, 0.29) is 24.4 Å². The van der Waals surface area contributed by atoms with Crippen molar-refractivity contribution in [3.8, 4) is 0 Å². The van der Waals surface area contributed by atoms with Crippen molar-refractivity contribution in [2.75, 3.05) is 17.2 Å². The van der Waals surface area contributed by atoms with Crippen LogP contribution in [0.3, 0.4) is 0 Å². The minimum atomic E-state index is -0.459. The topological polar surface area (TPSA) is 110 Å². The first-order chi connectivity index (χ1) is 14.9. The maximum absolute atomic E-state index is 12.9. The summed E-state index contributed by atoms with van der Waals surface area (Å²) in [4.78, 5) is 38.2. The number of aromatic nitrogens is 2. The van der Waals surface area contributed by atoms with Crippen molar-refractivity contribution < 1.29 is 19.1 Å². The van der Waals surface area contributed by atoms with E-state index in [4.69, 9.17) is 4.74 Å². The maximum atomic E-state index is 12.9. The van der Waals surface area contributed by atoms with E-state index in [0.29, 0.717) is 26.5 Å². The Morgan fingerprint density at radius 3 is 2.61 bits per heavy atom. The third-order valence-electron chi connectivity index (χ3n) is 4.76. The summed E-state index contributed by atoms with van der Waals surface area (Å²) in [6, 6.07) is 0. The molecule has 11 heteroatoms. The average Bonchev–Trinajstić information content (AvgIpc) is 3.24. The van der Waals surface area contributed by atoms with Crippen LogP contribution in [0.5, 0.6) is 0 Å². The summed E-state index contributed by atoms with van der Waals surface area (Å²) < 4.78 is 5.86. The van der Waals surface area contributed by atoms with Crippen molar-refractivity contribution in [3.63, 3.8) is 0 Å². The minimum Gasteiger partial charge on any atom is -0.462 e. The molecule has 0 bridgehead atoms. The van der Waals surface area contributed by atoms with Crippen LogP contribution >= 0.6 is 34.4 Å². The van der Waals surface area contributed by atoms with Crippen molar-refractivity contribution in [3.05, 3.63) is 16.0 Å². The molecule has 0 aromatic carbocycles. The highest BCUT2D eigenvalue weighted by Gasteiger charge is 2.28. The number of nitrogens with one attached hydrogen (secondary N) is 2. The largest absolute Gasteiger partial charge is 0.462 e. The Balaban J connectivity index is 1.72. The van der Waals surface area contributed by atoms with Crippen molar-refractivity contribution in [1.29, 1.82) is 0 Å². The summed E-state index contributed by atoms with van der Waals surface area (Å²) in [5.74, 6) is -0.735. The third-order valence-corrected chi connectivity index (χ3v) is 7.99. The Morgan fingerprint density at radius 1 is 1.10 bits per heavy atom. The number of fused-ring (bicyclic) bond motifs is 1. The second-order valence-electron chi connectivity index (χ2n) is 7.01. The van der Waals surface area contributed by atoms with Gasteiger partial charge in [0.15, 0.2) is 4.34 Å². The molecule has 1 atom stereocenters. The molecule has 0 radical (unpaired) electrons. The first kappa shape index (κ1) is 23.7. The molecule has 31 heavy (non-hydrogen) atoms. The minimum absolute atomic E-state index is 0.137. The molecule has 2 aromatic heterocycles. The highest BCUT2D eigenvalue weighted by atomic mass is 32.2. The summed E-state index contributed by atoms with van der Waals surface area (Å²) in [7, 11) is 0. The zero-order valence-electron chi connectivity index (χ0n) is 17.8. The number of thioether (sulfide) groups is 1. The maximum Gasteiger partial charge on any atom is 0.341 e. The smallest absolute Gasteiger partial charge is 0.341 e. The summed E-state index contributed by atoms with van der Waals surface area (Å²) in [6.45, 7) is 5.59. The van der Waals surface area contributed by atoms with Gasteiger partial charge < -0.3 is 15.4 Å². The Bertz CT molecular complexity index is 956. The zero-order valence-corrected chi connectivity index (χ0v) is 20.2. The predicted octanol–water partition coefficient (Wildman–Crippen LogP) is 4.51. The fraction of sp³-hybridized carbons (Fsp3) is 0.550. The summed E-state index contributed by atoms with van der Waals surface area (Å²) in [6.07, 6.45) is 5.37. The van der Waals surface area contributed by atoms with Crippen LogP contribution in [0.1, 0.15) is 67.3 Å². The molecule has 0 saturated carbocycles. The lowest BCUT2D eigenvalue weighted by molar-refractivity contribution is -0.116. The first-order valence-corrected chi connectivity index (χ1v) is 12.9. The first-order valence-electron chi connectivity index (χ1n) is 10.3. The number of carbonyl (C=O) groups excluding carboxylic acids is 3. The van der Waals surface area contributed by atoms with Gasteiger partial charge in [-0.15, -0.1) is 21.5 Å². The number of aryl methyl sites for hydroxylation is 1. The highest BCUT2D eigenvalue weighted by Crippen LogP contribution is 2.38. The van der Waals surface area contributed by atoms with Gasteiger partial charge in [-0.1, -0.05) is 36.4 Å². The molecule has 2 aromatic rings. The van der Waals surface area contributed by atoms with Gasteiger partial charge in [0, 0.05) is 11.3 Å². The fourth-order valence-electron chi connectivity index (χ4n) is 3.18. The van der Waals surface area contributed by atoms with E-state index < -0.39 is 5.25 Å². The molecule has 0 spiro atoms. The number of hydrogen-bond donors (Lipinski definition) is 2. The average molecular weight is 483 g/mol. The summed E-state index contributed by atoms with van der Waals surface area (Å²) in [5, 5.41) is 14.1. The predicted molar refractivity (Wildman–Crippen MR) is 124 cm³/mol. The number of hydrogen-bond acceptors (Lipinski definition) is 9. The quantitative estimate of drug-likeness (QED) is 0.246. The number of esters is 1. The number of thiophene rings is 1. The summed E-state index contributed by atoms with van der Waals surface area (Å²) >= 11 is 3.96. The molecule has 2 amide bonds. The van der Waals surface area contributed by atoms with Crippen molar-refractivity contribution in [2.45, 2.75) is 68.9 Å². The number of anilines is 2. The molecule has 168 valence electrons. The third kappa shape index (κ3) is 6.05. The lowest BCUT2D eigenvalue weighted by Crippen LogP contribution is -2.23. The van der Waals surface area contributed by atoms with Gasteiger partial charge in [-0.2, -0.15) is 0 Å². The fourth-order valence-corrected chi connectivity index (χ4v) is 6.38. The van der Waals surface area contributed by atoms with E-state index >= 15 is 0 Å². The second kappa shape index (κ2) is 11.1. The van der Waals surface area contributed by atoms with Crippen LogP contribution in [0.15, 0.2) is 4.34 Å². The molecule has 0 aliphatic heterocycles. The van der Waals surface area contributed by atoms with E-state index in [1.54, 1.807) is 20.8 Å². The monoisotopic (exact) mass is 482 g/mol. The van der Waals surface area contributed by atoms with E-state index in [2.05, 4.69) is 20.8 Å². The van der Waals surface area contributed by atoms with Crippen molar-refractivity contribution >= 4 is 62.4 Å². The van der Waals surface area contributed by atoms with E-state index in [0.717, 1.165) is 42.5 Å². The molecule has 0 saturated heterocycles. The summed E-state index contributed by atoms with van der Waals surface area (Å²) in [5.41, 5.74) is 1.53.